The van der Waals surface area contributed by atoms with Crippen LogP contribution in [0.3, 0.4) is 0 Å². The van der Waals surface area contributed by atoms with Crippen LogP contribution in [0.25, 0.3) is 6.08 Å². The van der Waals surface area contributed by atoms with Crippen molar-refractivity contribution in [2.24, 2.45) is 0 Å². The van der Waals surface area contributed by atoms with E-state index in [1.54, 1.807) is 25.1 Å². The molecule has 0 aliphatic carbocycles. The van der Waals surface area contributed by atoms with Gasteiger partial charge in [0.25, 0.3) is 5.91 Å². The molecule has 26 heavy (non-hydrogen) atoms. The second-order valence-corrected chi connectivity index (χ2v) is 5.48. The van der Waals surface area contributed by atoms with Crippen molar-refractivity contribution < 1.29 is 19.4 Å². The molecule has 0 heterocycles. The molecule has 0 fully saturated rings. The minimum atomic E-state index is -1.11. The van der Waals surface area contributed by atoms with E-state index in [4.69, 9.17) is 9.84 Å². The lowest BCUT2D eigenvalue weighted by Gasteiger charge is -2.09. The van der Waals surface area contributed by atoms with Crippen molar-refractivity contribution in [3.63, 3.8) is 0 Å². The molecule has 6 heteroatoms. The summed E-state index contributed by atoms with van der Waals surface area (Å²) < 4.78 is 5.45. The number of hydrogen-bond acceptors (Lipinski definition) is 4. The largest absolute Gasteiger partial charge is 0.493 e. The van der Waals surface area contributed by atoms with Crippen molar-refractivity contribution >= 4 is 23.6 Å². The van der Waals surface area contributed by atoms with Crippen LogP contribution in [0.2, 0.25) is 0 Å². The van der Waals surface area contributed by atoms with Crippen LogP contribution in [0.1, 0.15) is 28.4 Å². The van der Waals surface area contributed by atoms with E-state index in [1.807, 2.05) is 19.1 Å². The molecule has 2 N–H and O–H groups in total. The van der Waals surface area contributed by atoms with E-state index < -0.39 is 11.9 Å². The van der Waals surface area contributed by atoms with E-state index in [-0.39, 0.29) is 11.1 Å². The number of aryl methyl sites for hydroxylation is 1. The van der Waals surface area contributed by atoms with E-state index in [1.165, 1.54) is 24.3 Å². The number of amides is 1. The van der Waals surface area contributed by atoms with Crippen LogP contribution in [0.4, 0.5) is 5.69 Å². The summed E-state index contributed by atoms with van der Waals surface area (Å²) in [7, 11) is 0. The quantitative estimate of drug-likeness (QED) is 0.612. The number of aromatic carboxylic acids is 1. The van der Waals surface area contributed by atoms with Gasteiger partial charge in [-0.15, -0.1) is 0 Å². The molecule has 0 unspecified atom stereocenters. The van der Waals surface area contributed by atoms with Gasteiger partial charge >= 0.3 is 5.97 Å². The molecule has 0 spiro atoms. The number of rotatable bonds is 6. The zero-order valence-electron chi connectivity index (χ0n) is 14.4. The fourth-order valence-corrected chi connectivity index (χ4v) is 2.31. The highest BCUT2D eigenvalue weighted by Gasteiger charge is 2.13. The van der Waals surface area contributed by atoms with Crippen molar-refractivity contribution in [3.8, 4) is 11.8 Å². The summed E-state index contributed by atoms with van der Waals surface area (Å²) in [6, 6.07) is 13.3. The molecule has 0 bridgehead atoms. The predicted octanol–water partition coefficient (Wildman–Crippen LogP) is 3.64. The van der Waals surface area contributed by atoms with Gasteiger partial charge in [-0.3, -0.25) is 4.79 Å². The summed E-state index contributed by atoms with van der Waals surface area (Å²) in [4.78, 5) is 23.6. The minimum Gasteiger partial charge on any atom is -0.493 e. The standard InChI is InChI=1S/C20H18N2O4/c1-3-26-18-8-7-14(20(24)25)10-15(18)11-16(12-21)19(23)22-17-6-4-5-13(2)9-17/h4-11H,3H2,1-2H3,(H,22,23)(H,24,25)/b16-11+. The first kappa shape index (κ1) is 18.7. The SMILES string of the molecule is CCOc1ccc(C(=O)O)cc1/C=C(\C#N)C(=O)Nc1cccc(C)c1. The zero-order valence-corrected chi connectivity index (χ0v) is 14.4. The number of nitriles is 1. The van der Waals surface area contributed by atoms with Crippen LogP contribution in [0.15, 0.2) is 48.0 Å². The van der Waals surface area contributed by atoms with Crippen LogP contribution >= 0.6 is 0 Å². The number of carboxylic acids is 1. The van der Waals surface area contributed by atoms with E-state index in [0.717, 1.165) is 5.56 Å². The molecule has 2 aromatic carbocycles. The van der Waals surface area contributed by atoms with Crippen LogP contribution in [0, 0.1) is 18.3 Å². The number of nitrogens with zero attached hydrogens (tertiary/aromatic N) is 1. The summed E-state index contributed by atoms with van der Waals surface area (Å²) in [5.74, 6) is -1.29. The molecule has 132 valence electrons. The van der Waals surface area contributed by atoms with E-state index in [9.17, 15) is 14.9 Å². The van der Waals surface area contributed by atoms with E-state index in [2.05, 4.69) is 5.32 Å². The Morgan fingerprint density at radius 3 is 2.65 bits per heavy atom. The normalized spacial score (nSPS) is 10.7. The van der Waals surface area contributed by atoms with Crippen LogP contribution in [0.5, 0.6) is 5.75 Å². The smallest absolute Gasteiger partial charge is 0.335 e. The summed E-state index contributed by atoms with van der Waals surface area (Å²) in [6.07, 6.45) is 1.32. The minimum absolute atomic E-state index is 0.0380. The van der Waals surface area contributed by atoms with Crippen LogP contribution in [-0.4, -0.2) is 23.6 Å². The average molecular weight is 350 g/mol. The van der Waals surface area contributed by atoms with Crippen molar-refractivity contribution in [3.05, 3.63) is 64.7 Å². The second-order valence-electron chi connectivity index (χ2n) is 5.48. The molecule has 2 rings (SSSR count). The Balaban J connectivity index is 2.37. The van der Waals surface area contributed by atoms with Gasteiger partial charge in [-0.1, -0.05) is 12.1 Å². The molecule has 0 aromatic heterocycles. The number of carbonyl (C=O) groups is 2. The Morgan fingerprint density at radius 2 is 2.04 bits per heavy atom. The van der Waals surface area contributed by atoms with Gasteiger partial charge in [-0.05, 0) is 55.8 Å². The molecule has 0 aliphatic heterocycles. The van der Waals surface area contributed by atoms with Crippen LogP contribution < -0.4 is 10.1 Å². The van der Waals surface area contributed by atoms with Crippen molar-refractivity contribution in [1.29, 1.82) is 5.26 Å². The predicted molar refractivity (Wildman–Crippen MR) is 98.0 cm³/mol. The maximum Gasteiger partial charge on any atom is 0.335 e. The van der Waals surface area contributed by atoms with E-state index >= 15 is 0 Å². The fourth-order valence-electron chi connectivity index (χ4n) is 2.31. The third-order valence-electron chi connectivity index (χ3n) is 3.50. The van der Waals surface area contributed by atoms with Crippen LogP contribution in [-0.2, 0) is 4.79 Å². The van der Waals surface area contributed by atoms with Gasteiger partial charge in [0.05, 0.1) is 12.2 Å². The lowest BCUT2D eigenvalue weighted by Crippen LogP contribution is -2.13. The van der Waals surface area contributed by atoms with Gasteiger partial charge in [0, 0.05) is 11.3 Å². The monoisotopic (exact) mass is 350 g/mol. The second kappa shape index (κ2) is 8.49. The molecule has 0 atom stereocenters. The average Bonchev–Trinajstić information content (AvgIpc) is 2.60. The molecular formula is C20H18N2O4. The maximum atomic E-state index is 12.4. The van der Waals surface area contributed by atoms with Gasteiger partial charge in [0.2, 0.25) is 0 Å². The van der Waals surface area contributed by atoms with Gasteiger partial charge in [-0.2, -0.15) is 5.26 Å². The molecular weight excluding hydrogens is 332 g/mol. The van der Waals surface area contributed by atoms with Gasteiger partial charge < -0.3 is 15.2 Å². The molecule has 0 saturated carbocycles. The summed E-state index contributed by atoms with van der Waals surface area (Å²) in [5, 5.41) is 21.2. The molecule has 1 amide bonds. The Morgan fingerprint density at radius 1 is 1.27 bits per heavy atom. The Bertz CT molecular complexity index is 910. The lowest BCUT2D eigenvalue weighted by molar-refractivity contribution is -0.112. The first-order valence-corrected chi connectivity index (χ1v) is 7.94. The number of ether oxygens (including phenoxy) is 1. The summed E-state index contributed by atoms with van der Waals surface area (Å²) >= 11 is 0. The van der Waals surface area contributed by atoms with Gasteiger partial charge in [0.15, 0.2) is 0 Å². The molecule has 0 aliphatic rings. The molecule has 2 aromatic rings. The Kier molecular flexibility index (Phi) is 6.12. The van der Waals surface area contributed by atoms with Gasteiger partial charge in [0.1, 0.15) is 17.4 Å². The number of carbonyl (C=O) groups excluding carboxylic acids is 1. The Labute approximate surface area is 151 Å². The van der Waals surface area contributed by atoms with Crippen molar-refractivity contribution in [2.75, 3.05) is 11.9 Å². The Hall–Kier alpha value is -3.59. The molecule has 6 nitrogen and oxygen atoms in total. The number of anilines is 1. The first-order chi connectivity index (χ1) is 12.4. The lowest BCUT2D eigenvalue weighted by atomic mass is 10.1. The summed E-state index contributed by atoms with van der Waals surface area (Å²) in [6.45, 7) is 4.04. The third kappa shape index (κ3) is 4.71. The zero-order chi connectivity index (χ0) is 19.1. The molecule has 0 radical (unpaired) electrons. The molecule has 0 saturated heterocycles. The topological polar surface area (TPSA) is 99.4 Å². The van der Waals surface area contributed by atoms with E-state index in [0.29, 0.717) is 23.6 Å². The fraction of sp³-hybridized carbons (Fsp3) is 0.150. The maximum absolute atomic E-state index is 12.4. The number of hydrogen-bond donors (Lipinski definition) is 2. The first-order valence-electron chi connectivity index (χ1n) is 7.94. The van der Waals surface area contributed by atoms with Crippen molar-refractivity contribution in [1.82, 2.24) is 0 Å². The van der Waals surface area contributed by atoms with Gasteiger partial charge in [-0.25, -0.2) is 4.79 Å². The highest BCUT2D eigenvalue weighted by atomic mass is 16.5. The summed E-state index contributed by atoms with van der Waals surface area (Å²) in [5.41, 5.74) is 1.77. The van der Waals surface area contributed by atoms with Crippen molar-refractivity contribution in [2.45, 2.75) is 13.8 Å². The third-order valence-corrected chi connectivity index (χ3v) is 3.50. The number of carboxylic acid groups (broad SMARTS) is 1. The highest BCUT2D eigenvalue weighted by molar-refractivity contribution is 6.10. The number of benzene rings is 2. The number of nitrogens with one attached hydrogen (secondary N) is 1. The highest BCUT2D eigenvalue weighted by Crippen LogP contribution is 2.24.